The van der Waals surface area contributed by atoms with E-state index < -0.39 is 6.36 Å². The minimum absolute atomic E-state index is 0.191. The molecule has 0 aliphatic rings. The molecule has 3 nitrogen and oxygen atoms in total. The Bertz CT molecular complexity index is 948. The zero-order chi connectivity index (χ0) is 20.0. The first-order valence-electron chi connectivity index (χ1n) is 8.39. The van der Waals surface area contributed by atoms with Gasteiger partial charge in [-0.2, -0.15) is 0 Å². The number of allylic oxidation sites excluding steroid dienone is 1. The second-order valence-electron chi connectivity index (χ2n) is 5.86. The van der Waals surface area contributed by atoms with Crippen LogP contribution in [0.1, 0.15) is 10.4 Å². The number of alkyl halides is 3. The standard InChI is InChI=1S/C22H16F3NO2/c23-22(24,25)28-20-12-10-19(11-13-20)26-15-14-21(27)18-8-6-17(7-9-18)16-4-2-1-3-5-16/h1-15,26H. The average molecular weight is 383 g/mol. The van der Waals surface area contributed by atoms with Crippen molar-refractivity contribution in [1.82, 2.24) is 0 Å². The smallest absolute Gasteiger partial charge is 0.406 e. The molecule has 0 radical (unpaired) electrons. The molecule has 142 valence electrons. The lowest BCUT2D eigenvalue weighted by atomic mass is 10.0. The molecule has 0 atom stereocenters. The maximum absolute atomic E-state index is 12.2. The minimum atomic E-state index is -4.72. The molecule has 0 aromatic heterocycles. The third-order valence-corrected chi connectivity index (χ3v) is 3.85. The molecule has 0 amide bonds. The topological polar surface area (TPSA) is 38.3 Å². The second kappa shape index (κ2) is 8.43. The summed E-state index contributed by atoms with van der Waals surface area (Å²) in [6.07, 6.45) is -1.93. The third kappa shape index (κ3) is 5.48. The van der Waals surface area contributed by atoms with Crippen molar-refractivity contribution in [3.63, 3.8) is 0 Å². The quantitative estimate of drug-likeness (QED) is 0.415. The van der Waals surface area contributed by atoms with Crippen molar-refractivity contribution in [3.05, 3.63) is 96.7 Å². The Hall–Kier alpha value is -3.54. The molecule has 0 saturated heterocycles. The highest BCUT2D eigenvalue weighted by atomic mass is 19.4. The van der Waals surface area contributed by atoms with Crippen molar-refractivity contribution < 1.29 is 22.7 Å². The number of ketones is 1. The van der Waals surface area contributed by atoms with E-state index in [2.05, 4.69) is 10.1 Å². The minimum Gasteiger partial charge on any atom is -0.406 e. The summed E-state index contributed by atoms with van der Waals surface area (Å²) in [6, 6.07) is 22.3. The highest BCUT2D eigenvalue weighted by molar-refractivity contribution is 6.04. The maximum Gasteiger partial charge on any atom is 0.573 e. The largest absolute Gasteiger partial charge is 0.573 e. The van der Waals surface area contributed by atoms with Crippen LogP contribution in [0.3, 0.4) is 0 Å². The molecule has 1 N–H and O–H groups in total. The number of ether oxygens (including phenoxy) is 1. The SMILES string of the molecule is O=C(C=CNc1ccc(OC(F)(F)F)cc1)c1ccc(-c2ccccc2)cc1. The lowest BCUT2D eigenvalue weighted by Gasteiger charge is -2.09. The molecule has 3 aromatic rings. The predicted octanol–water partition coefficient (Wildman–Crippen LogP) is 6.06. The Labute approximate surface area is 160 Å². The molecule has 0 fully saturated rings. The number of nitrogens with one attached hydrogen (secondary N) is 1. The first-order valence-corrected chi connectivity index (χ1v) is 8.39. The van der Waals surface area contributed by atoms with Gasteiger partial charge in [-0.25, -0.2) is 0 Å². The van der Waals surface area contributed by atoms with Crippen molar-refractivity contribution in [1.29, 1.82) is 0 Å². The third-order valence-electron chi connectivity index (χ3n) is 3.85. The van der Waals surface area contributed by atoms with Gasteiger partial charge in [0.2, 0.25) is 0 Å². The summed E-state index contributed by atoms with van der Waals surface area (Å²) in [4.78, 5) is 12.2. The van der Waals surface area contributed by atoms with E-state index in [0.29, 0.717) is 11.3 Å². The molecule has 0 unspecified atom stereocenters. The summed E-state index contributed by atoms with van der Waals surface area (Å²) in [5.74, 6) is -0.499. The average Bonchev–Trinajstić information content (AvgIpc) is 2.69. The number of anilines is 1. The van der Waals surface area contributed by atoms with Gasteiger partial charge in [0.15, 0.2) is 5.78 Å². The number of halogens is 3. The number of benzene rings is 3. The van der Waals surface area contributed by atoms with Gasteiger partial charge in [-0.1, -0.05) is 54.6 Å². The zero-order valence-corrected chi connectivity index (χ0v) is 14.6. The van der Waals surface area contributed by atoms with E-state index in [4.69, 9.17) is 0 Å². The van der Waals surface area contributed by atoms with E-state index in [9.17, 15) is 18.0 Å². The molecule has 3 rings (SSSR count). The molecule has 0 aliphatic heterocycles. The monoisotopic (exact) mass is 383 g/mol. The number of carbonyl (C=O) groups excluding carboxylic acids is 1. The van der Waals surface area contributed by atoms with E-state index in [1.165, 1.54) is 36.5 Å². The van der Waals surface area contributed by atoms with E-state index in [1.54, 1.807) is 12.1 Å². The van der Waals surface area contributed by atoms with Crippen molar-refractivity contribution in [3.8, 4) is 16.9 Å². The van der Waals surface area contributed by atoms with E-state index in [1.807, 2.05) is 42.5 Å². The number of carbonyl (C=O) groups is 1. The highest BCUT2D eigenvalue weighted by Crippen LogP contribution is 2.24. The fourth-order valence-corrected chi connectivity index (χ4v) is 2.52. The normalized spacial score (nSPS) is 11.4. The highest BCUT2D eigenvalue weighted by Gasteiger charge is 2.30. The second-order valence-corrected chi connectivity index (χ2v) is 5.86. The summed E-state index contributed by atoms with van der Waals surface area (Å²) in [7, 11) is 0. The van der Waals surface area contributed by atoms with Crippen LogP contribution in [0.2, 0.25) is 0 Å². The molecule has 28 heavy (non-hydrogen) atoms. The first kappa shape index (κ1) is 19.2. The summed E-state index contributed by atoms with van der Waals surface area (Å²) in [6.45, 7) is 0. The van der Waals surface area contributed by atoms with E-state index in [-0.39, 0.29) is 11.5 Å². The zero-order valence-electron chi connectivity index (χ0n) is 14.6. The molecular weight excluding hydrogens is 367 g/mol. The number of hydrogen-bond acceptors (Lipinski definition) is 3. The Kier molecular flexibility index (Phi) is 5.79. The van der Waals surface area contributed by atoms with Crippen molar-refractivity contribution in [2.75, 3.05) is 5.32 Å². The van der Waals surface area contributed by atoms with E-state index in [0.717, 1.165) is 11.1 Å². The number of rotatable bonds is 6. The molecule has 0 spiro atoms. The lowest BCUT2D eigenvalue weighted by molar-refractivity contribution is -0.274. The van der Waals surface area contributed by atoms with Crippen molar-refractivity contribution in [2.24, 2.45) is 0 Å². The Morgan fingerprint density at radius 3 is 2.04 bits per heavy atom. The summed E-state index contributed by atoms with van der Waals surface area (Å²) < 4.78 is 40.2. The van der Waals surface area contributed by atoms with Crippen molar-refractivity contribution in [2.45, 2.75) is 6.36 Å². The molecule has 0 heterocycles. The summed E-state index contributed by atoms with van der Waals surface area (Å²) in [5.41, 5.74) is 3.14. The van der Waals surface area contributed by atoms with Crippen LogP contribution in [-0.4, -0.2) is 12.1 Å². The van der Waals surface area contributed by atoms with Crippen LogP contribution in [0.5, 0.6) is 5.75 Å². The van der Waals surface area contributed by atoms with Gasteiger partial charge >= 0.3 is 6.36 Å². The fourth-order valence-electron chi connectivity index (χ4n) is 2.52. The fraction of sp³-hybridized carbons (Fsp3) is 0.0455. The van der Waals surface area contributed by atoms with Gasteiger partial charge in [0.05, 0.1) is 0 Å². The van der Waals surface area contributed by atoms with Crippen LogP contribution in [0, 0.1) is 0 Å². The van der Waals surface area contributed by atoms with Gasteiger partial charge < -0.3 is 10.1 Å². The van der Waals surface area contributed by atoms with Gasteiger partial charge in [-0.15, -0.1) is 13.2 Å². The number of hydrogen-bond donors (Lipinski definition) is 1. The van der Waals surface area contributed by atoms with Gasteiger partial charge in [0.25, 0.3) is 0 Å². The Morgan fingerprint density at radius 2 is 1.43 bits per heavy atom. The van der Waals surface area contributed by atoms with Crippen LogP contribution in [0.25, 0.3) is 11.1 Å². The van der Waals surface area contributed by atoms with Gasteiger partial charge in [0.1, 0.15) is 5.75 Å². The molecule has 0 bridgehead atoms. The van der Waals surface area contributed by atoms with Crippen LogP contribution in [-0.2, 0) is 0 Å². The summed E-state index contributed by atoms with van der Waals surface area (Å²) >= 11 is 0. The van der Waals surface area contributed by atoms with Gasteiger partial charge in [-0.05, 0) is 35.4 Å². The van der Waals surface area contributed by atoms with E-state index >= 15 is 0 Å². The summed E-state index contributed by atoms with van der Waals surface area (Å²) in [5, 5.41) is 2.83. The molecular formula is C22H16F3NO2. The molecule has 0 aliphatic carbocycles. The van der Waals surface area contributed by atoms with Crippen molar-refractivity contribution >= 4 is 11.5 Å². The molecule has 0 saturated carbocycles. The van der Waals surface area contributed by atoms with Crippen LogP contribution in [0.15, 0.2) is 91.1 Å². The van der Waals surface area contributed by atoms with Gasteiger partial charge in [0, 0.05) is 23.5 Å². The first-order chi connectivity index (χ1) is 13.4. The Balaban J connectivity index is 1.58. The lowest BCUT2D eigenvalue weighted by Crippen LogP contribution is -2.16. The van der Waals surface area contributed by atoms with Crippen LogP contribution in [0.4, 0.5) is 18.9 Å². The molecule has 6 heteroatoms. The van der Waals surface area contributed by atoms with Crippen LogP contribution < -0.4 is 10.1 Å². The van der Waals surface area contributed by atoms with Gasteiger partial charge in [-0.3, -0.25) is 4.79 Å². The maximum atomic E-state index is 12.2. The Morgan fingerprint density at radius 1 is 0.821 bits per heavy atom. The molecule has 3 aromatic carbocycles. The predicted molar refractivity (Wildman–Crippen MR) is 102 cm³/mol. The van der Waals surface area contributed by atoms with Crippen LogP contribution >= 0.6 is 0 Å².